The summed E-state index contributed by atoms with van der Waals surface area (Å²) in [7, 11) is 0. The molecule has 0 aliphatic heterocycles. The number of unbranched alkanes of at least 4 members (excludes halogenated alkanes) is 6. The topological polar surface area (TPSA) is 39.2 Å². The van der Waals surface area contributed by atoms with Gasteiger partial charge in [0, 0.05) is 11.8 Å². The van der Waals surface area contributed by atoms with E-state index in [0.717, 1.165) is 48.1 Å². The fourth-order valence-electron chi connectivity index (χ4n) is 4.41. The van der Waals surface area contributed by atoms with Crippen molar-refractivity contribution in [2.24, 2.45) is 0 Å². The summed E-state index contributed by atoms with van der Waals surface area (Å²) in [6.07, 6.45) is 11.8. The second-order valence-corrected chi connectivity index (χ2v) is 9.83. The van der Waals surface area contributed by atoms with Crippen LogP contribution >= 0.6 is 0 Å². The number of hydrogen-bond donors (Lipinski definition) is 0. The zero-order valence-corrected chi connectivity index (χ0v) is 22.1. The van der Waals surface area contributed by atoms with Crippen molar-refractivity contribution < 1.29 is 13.9 Å². The van der Waals surface area contributed by atoms with Gasteiger partial charge in [0.25, 0.3) is 0 Å². The summed E-state index contributed by atoms with van der Waals surface area (Å²) in [4.78, 5) is 17.2. The molecule has 1 atom stereocenters. The monoisotopic (exact) mass is 489 g/mol. The predicted molar refractivity (Wildman–Crippen MR) is 147 cm³/mol. The van der Waals surface area contributed by atoms with Gasteiger partial charge in [-0.05, 0) is 61.1 Å². The lowest BCUT2D eigenvalue weighted by molar-refractivity contribution is -0.147. The molecule has 0 amide bonds. The molecule has 36 heavy (non-hydrogen) atoms. The van der Waals surface area contributed by atoms with Gasteiger partial charge in [-0.1, -0.05) is 101 Å². The summed E-state index contributed by atoms with van der Waals surface area (Å²) in [6, 6.07) is 19.6. The molecule has 0 bridgehead atoms. The van der Waals surface area contributed by atoms with E-state index < -0.39 is 11.6 Å². The van der Waals surface area contributed by atoms with E-state index in [2.05, 4.69) is 43.1 Å². The lowest BCUT2D eigenvalue weighted by Gasteiger charge is -2.18. The molecule has 0 fully saturated rings. The Morgan fingerprint density at radius 1 is 0.833 bits per heavy atom. The van der Waals surface area contributed by atoms with Crippen LogP contribution in [0.15, 0.2) is 66.9 Å². The van der Waals surface area contributed by atoms with Gasteiger partial charge in [0.05, 0.1) is 5.69 Å². The second kappa shape index (κ2) is 13.9. The van der Waals surface area contributed by atoms with Gasteiger partial charge in [0.2, 0.25) is 5.67 Å². The number of alkyl halides is 1. The first kappa shape index (κ1) is 27.6. The molecule has 1 aromatic heterocycles. The number of nitrogens with zero attached hydrogens (tertiary/aromatic N) is 1. The van der Waals surface area contributed by atoms with Gasteiger partial charge in [-0.25, -0.2) is 9.18 Å². The summed E-state index contributed by atoms with van der Waals surface area (Å²) in [5.74, 6) is -0.468. The van der Waals surface area contributed by atoms with Crippen LogP contribution in [-0.2, 0) is 11.2 Å². The van der Waals surface area contributed by atoms with Crippen molar-refractivity contribution in [3.63, 3.8) is 0 Å². The van der Waals surface area contributed by atoms with Gasteiger partial charge in [0.15, 0.2) is 0 Å². The van der Waals surface area contributed by atoms with Gasteiger partial charge in [-0.3, -0.25) is 4.98 Å². The predicted octanol–water partition coefficient (Wildman–Crippen LogP) is 9.14. The Bertz CT molecular complexity index is 1070. The molecule has 0 spiro atoms. The first-order valence-corrected chi connectivity index (χ1v) is 13.5. The Balaban J connectivity index is 1.61. The molecule has 0 saturated heterocycles. The van der Waals surface area contributed by atoms with Crippen molar-refractivity contribution in [2.45, 2.75) is 90.6 Å². The fourth-order valence-corrected chi connectivity index (χ4v) is 4.41. The second-order valence-electron chi connectivity index (χ2n) is 9.83. The fraction of sp³-hybridized carbons (Fsp3) is 0.438. The minimum atomic E-state index is -1.98. The van der Waals surface area contributed by atoms with Crippen molar-refractivity contribution in [3.8, 4) is 28.1 Å². The zero-order valence-electron chi connectivity index (χ0n) is 22.1. The number of hydrogen-bond acceptors (Lipinski definition) is 3. The highest BCUT2D eigenvalue weighted by Crippen LogP contribution is 2.32. The van der Waals surface area contributed by atoms with E-state index in [9.17, 15) is 9.18 Å². The van der Waals surface area contributed by atoms with Crippen LogP contribution < -0.4 is 4.74 Å². The molecule has 0 aliphatic carbocycles. The smallest absolute Gasteiger partial charge is 0.348 e. The van der Waals surface area contributed by atoms with Gasteiger partial charge in [-0.2, -0.15) is 0 Å². The summed E-state index contributed by atoms with van der Waals surface area (Å²) in [5, 5.41) is 0. The quantitative estimate of drug-likeness (QED) is 0.129. The van der Waals surface area contributed by atoms with Crippen LogP contribution in [0.25, 0.3) is 22.4 Å². The first-order valence-electron chi connectivity index (χ1n) is 13.5. The van der Waals surface area contributed by atoms with Gasteiger partial charge >= 0.3 is 5.97 Å². The maximum absolute atomic E-state index is 15.0. The largest absolute Gasteiger partial charge is 0.424 e. The van der Waals surface area contributed by atoms with E-state index in [0.29, 0.717) is 12.2 Å². The Hall–Kier alpha value is -3.01. The molecule has 192 valence electrons. The minimum Gasteiger partial charge on any atom is -0.424 e. The molecule has 1 unspecified atom stereocenters. The number of carbonyl (C=O) groups is 1. The molecule has 0 radical (unpaired) electrons. The van der Waals surface area contributed by atoms with E-state index >= 15 is 0 Å². The third kappa shape index (κ3) is 8.01. The lowest BCUT2D eigenvalue weighted by atomic mass is 9.97. The number of halogens is 1. The first-order chi connectivity index (χ1) is 17.4. The number of rotatable bonds is 14. The Kier molecular flexibility index (Phi) is 10.7. The van der Waals surface area contributed by atoms with E-state index in [1.807, 2.05) is 30.5 Å². The van der Waals surface area contributed by atoms with E-state index in [1.165, 1.54) is 38.2 Å². The highest BCUT2D eigenvalue weighted by Gasteiger charge is 2.34. The number of aromatic nitrogens is 1. The number of aryl methyl sites for hydroxylation is 1. The summed E-state index contributed by atoms with van der Waals surface area (Å²) < 4.78 is 20.4. The van der Waals surface area contributed by atoms with Crippen LogP contribution in [0.5, 0.6) is 5.75 Å². The highest BCUT2D eigenvalue weighted by molar-refractivity contribution is 5.83. The van der Waals surface area contributed by atoms with Crippen molar-refractivity contribution >= 4 is 5.97 Å². The average molecular weight is 490 g/mol. The van der Waals surface area contributed by atoms with Crippen LogP contribution in [0.3, 0.4) is 0 Å². The van der Waals surface area contributed by atoms with Crippen LogP contribution in [0.4, 0.5) is 4.39 Å². The Labute approximate surface area is 216 Å². The molecule has 2 aromatic carbocycles. The summed E-state index contributed by atoms with van der Waals surface area (Å²) in [5.41, 5.74) is 3.23. The number of esters is 1. The molecular formula is C32H40FNO2. The normalized spacial score (nSPS) is 12.8. The lowest BCUT2D eigenvalue weighted by Crippen LogP contribution is -2.34. The zero-order chi connectivity index (χ0) is 25.8. The minimum absolute atomic E-state index is 0.190. The molecular weight excluding hydrogens is 449 g/mol. The molecule has 3 nitrogen and oxygen atoms in total. The summed E-state index contributed by atoms with van der Waals surface area (Å²) in [6.45, 7) is 5.68. The van der Waals surface area contributed by atoms with Crippen LogP contribution in [-0.4, -0.2) is 16.6 Å². The molecule has 0 aliphatic rings. The van der Waals surface area contributed by atoms with Crippen LogP contribution in [0.2, 0.25) is 0 Å². The van der Waals surface area contributed by atoms with Crippen molar-refractivity contribution in [1.29, 1.82) is 0 Å². The third-order valence-electron chi connectivity index (χ3n) is 6.62. The van der Waals surface area contributed by atoms with Crippen LogP contribution in [0.1, 0.15) is 84.1 Å². The number of ether oxygens (including phenoxy) is 1. The molecule has 1 heterocycles. The molecule has 0 saturated carbocycles. The Morgan fingerprint density at radius 3 is 2.14 bits per heavy atom. The number of pyridine rings is 1. The Morgan fingerprint density at radius 2 is 1.50 bits per heavy atom. The summed E-state index contributed by atoms with van der Waals surface area (Å²) >= 11 is 0. The number of carbonyl (C=O) groups excluding carboxylic acids is 1. The van der Waals surface area contributed by atoms with Crippen LogP contribution in [0, 0.1) is 0 Å². The van der Waals surface area contributed by atoms with Crippen molar-refractivity contribution in [1.82, 2.24) is 4.98 Å². The van der Waals surface area contributed by atoms with E-state index in [4.69, 9.17) is 4.74 Å². The highest BCUT2D eigenvalue weighted by atomic mass is 19.1. The molecule has 0 N–H and O–H groups in total. The average Bonchev–Trinajstić information content (AvgIpc) is 2.89. The van der Waals surface area contributed by atoms with Crippen molar-refractivity contribution in [2.75, 3.05) is 0 Å². The maximum Gasteiger partial charge on any atom is 0.348 e. The molecule has 4 heteroatoms. The number of benzene rings is 2. The van der Waals surface area contributed by atoms with Gasteiger partial charge in [-0.15, -0.1) is 0 Å². The third-order valence-corrected chi connectivity index (χ3v) is 6.62. The SMILES string of the molecule is CCCCCCCCCC(C)(F)C(=O)Oc1ccc(-c2ccccc2-c2ccc(CCC)cn2)cc1. The van der Waals surface area contributed by atoms with E-state index in [-0.39, 0.29) is 6.42 Å². The van der Waals surface area contributed by atoms with Crippen molar-refractivity contribution in [3.05, 3.63) is 72.4 Å². The standard InChI is InChI=1S/C32H40FNO2/c1-4-6-7-8-9-10-13-23-32(3,33)31(35)36-27-20-18-26(19-21-27)28-15-11-12-16-29(28)30-22-17-25(14-5-2)24-34-30/h11-12,15-22,24H,4-10,13-14,23H2,1-3H3. The van der Waals surface area contributed by atoms with Gasteiger partial charge < -0.3 is 4.74 Å². The van der Waals surface area contributed by atoms with E-state index in [1.54, 1.807) is 12.1 Å². The molecule has 3 rings (SSSR count). The molecule has 3 aromatic rings. The van der Waals surface area contributed by atoms with Gasteiger partial charge in [0.1, 0.15) is 5.75 Å². The maximum atomic E-state index is 15.0.